The molecule has 6 heteroatoms. The number of anilines is 1. The molecule has 19 heavy (non-hydrogen) atoms. The molecule has 98 valence electrons. The minimum atomic E-state index is 0.689. The third-order valence-electron chi connectivity index (χ3n) is 2.99. The number of fused-ring (bicyclic) bond motifs is 1. The van der Waals surface area contributed by atoms with E-state index in [-0.39, 0.29) is 0 Å². The van der Waals surface area contributed by atoms with Crippen LogP contribution < -0.4 is 5.32 Å². The lowest BCUT2D eigenvalue weighted by molar-refractivity contribution is 1.07. The Morgan fingerprint density at radius 2 is 2.16 bits per heavy atom. The van der Waals surface area contributed by atoms with Crippen LogP contribution in [0.1, 0.15) is 11.3 Å². The summed E-state index contributed by atoms with van der Waals surface area (Å²) >= 11 is 11.3. The molecular formula is C13H11BrClN3S. The molecule has 0 saturated heterocycles. The van der Waals surface area contributed by atoms with Crippen LogP contribution in [-0.2, 0) is 11.5 Å². The molecule has 2 heterocycles. The van der Waals surface area contributed by atoms with Gasteiger partial charge in [0.2, 0.25) is 0 Å². The summed E-state index contributed by atoms with van der Waals surface area (Å²) in [5.41, 5.74) is 3.32. The molecule has 3 rings (SSSR count). The van der Waals surface area contributed by atoms with E-state index in [4.69, 9.17) is 11.6 Å². The summed E-state index contributed by atoms with van der Waals surface area (Å²) in [5.74, 6) is 3.60. The summed E-state index contributed by atoms with van der Waals surface area (Å²) in [6.07, 6.45) is 0. The normalized spacial score (nSPS) is 13.4. The molecule has 3 nitrogen and oxygen atoms in total. The fourth-order valence-electron chi connectivity index (χ4n) is 2.02. The molecule has 1 aromatic heterocycles. The maximum atomic E-state index is 6.02. The summed E-state index contributed by atoms with van der Waals surface area (Å²) < 4.78 is 0.858. The van der Waals surface area contributed by atoms with E-state index in [9.17, 15) is 0 Å². The van der Waals surface area contributed by atoms with E-state index in [2.05, 4.69) is 31.2 Å². The van der Waals surface area contributed by atoms with Crippen molar-refractivity contribution < 1.29 is 0 Å². The van der Waals surface area contributed by atoms with E-state index in [0.717, 1.165) is 38.9 Å². The van der Waals surface area contributed by atoms with E-state index < -0.39 is 0 Å². The number of benzene rings is 1. The Kier molecular flexibility index (Phi) is 3.69. The Morgan fingerprint density at radius 3 is 2.89 bits per heavy atom. The minimum absolute atomic E-state index is 0.689. The number of rotatable bonds is 2. The fourth-order valence-corrected chi connectivity index (χ4v) is 3.56. The lowest BCUT2D eigenvalue weighted by atomic mass is 10.2. The second-order valence-corrected chi connectivity index (χ2v) is 6.44. The monoisotopic (exact) mass is 355 g/mol. The van der Waals surface area contributed by atoms with Crippen molar-refractivity contribution in [1.29, 1.82) is 0 Å². The number of hydrogen-bond donors (Lipinski definition) is 1. The highest BCUT2D eigenvalue weighted by Gasteiger charge is 2.19. The Bertz CT molecular complexity index is 648. The van der Waals surface area contributed by atoms with Gasteiger partial charge in [0.25, 0.3) is 0 Å². The van der Waals surface area contributed by atoms with Crippen LogP contribution in [0.3, 0.4) is 0 Å². The zero-order valence-corrected chi connectivity index (χ0v) is 13.4. The van der Waals surface area contributed by atoms with Gasteiger partial charge in [0, 0.05) is 34.2 Å². The number of thioether (sulfide) groups is 1. The molecule has 0 spiro atoms. The first-order chi connectivity index (χ1) is 9.19. The Labute approximate surface area is 129 Å². The molecule has 0 amide bonds. The summed E-state index contributed by atoms with van der Waals surface area (Å²) in [6.45, 7) is 0. The van der Waals surface area contributed by atoms with Crippen molar-refractivity contribution in [3.8, 4) is 11.4 Å². The van der Waals surface area contributed by atoms with Crippen LogP contribution in [0.2, 0.25) is 5.02 Å². The van der Waals surface area contributed by atoms with Gasteiger partial charge in [0.15, 0.2) is 5.82 Å². The van der Waals surface area contributed by atoms with E-state index >= 15 is 0 Å². The van der Waals surface area contributed by atoms with Crippen LogP contribution in [0.4, 0.5) is 5.82 Å². The zero-order chi connectivity index (χ0) is 13.4. The van der Waals surface area contributed by atoms with Crippen LogP contribution in [-0.4, -0.2) is 17.0 Å². The average molecular weight is 357 g/mol. The summed E-state index contributed by atoms with van der Waals surface area (Å²) in [4.78, 5) is 9.27. The Balaban J connectivity index is 2.12. The molecular weight excluding hydrogens is 346 g/mol. The van der Waals surface area contributed by atoms with Gasteiger partial charge in [-0.25, -0.2) is 9.97 Å². The molecule has 0 atom stereocenters. The minimum Gasteiger partial charge on any atom is -0.373 e. The maximum Gasteiger partial charge on any atom is 0.161 e. The van der Waals surface area contributed by atoms with Crippen molar-refractivity contribution in [2.45, 2.75) is 11.5 Å². The largest absolute Gasteiger partial charge is 0.373 e. The number of aromatic nitrogens is 2. The molecule has 0 bridgehead atoms. The standard InChI is InChI=1S/C13H11BrClN3S/c1-16-13-8-5-19-6-11(8)17-12(18-13)7-2-3-10(15)9(14)4-7/h2-4H,5-6H2,1H3,(H,16,17,18). The van der Waals surface area contributed by atoms with E-state index in [1.807, 2.05) is 37.0 Å². The van der Waals surface area contributed by atoms with Gasteiger partial charge in [-0.3, -0.25) is 0 Å². The highest BCUT2D eigenvalue weighted by atomic mass is 79.9. The van der Waals surface area contributed by atoms with Crippen LogP contribution in [0, 0.1) is 0 Å². The van der Waals surface area contributed by atoms with Gasteiger partial charge < -0.3 is 5.32 Å². The number of nitrogens with one attached hydrogen (secondary N) is 1. The van der Waals surface area contributed by atoms with Crippen molar-refractivity contribution in [2.75, 3.05) is 12.4 Å². The summed E-state index contributed by atoms with van der Waals surface area (Å²) in [6, 6.07) is 5.74. The molecule has 0 radical (unpaired) electrons. The van der Waals surface area contributed by atoms with Crippen molar-refractivity contribution in [2.24, 2.45) is 0 Å². The predicted molar refractivity (Wildman–Crippen MR) is 84.7 cm³/mol. The number of hydrogen-bond acceptors (Lipinski definition) is 4. The van der Waals surface area contributed by atoms with Crippen LogP contribution in [0.15, 0.2) is 22.7 Å². The average Bonchev–Trinajstić information content (AvgIpc) is 2.89. The molecule has 0 aliphatic carbocycles. The van der Waals surface area contributed by atoms with E-state index in [1.165, 1.54) is 5.56 Å². The van der Waals surface area contributed by atoms with Crippen molar-refractivity contribution in [1.82, 2.24) is 9.97 Å². The predicted octanol–water partition coefficient (Wildman–Crippen LogP) is 4.35. The van der Waals surface area contributed by atoms with E-state index in [1.54, 1.807) is 0 Å². The number of halogens is 2. The highest BCUT2D eigenvalue weighted by molar-refractivity contribution is 9.10. The second-order valence-electron chi connectivity index (χ2n) is 4.19. The third kappa shape index (κ3) is 2.47. The number of nitrogens with zero attached hydrogens (tertiary/aromatic N) is 2. The van der Waals surface area contributed by atoms with Crippen LogP contribution >= 0.6 is 39.3 Å². The van der Waals surface area contributed by atoms with Gasteiger partial charge >= 0.3 is 0 Å². The fraction of sp³-hybridized carbons (Fsp3) is 0.231. The second kappa shape index (κ2) is 5.31. The Morgan fingerprint density at radius 1 is 1.32 bits per heavy atom. The van der Waals surface area contributed by atoms with Crippen LogP contribution in [0.25, 0.3) is 11.4 Å². The quantitative estimate of drug-likeness (QED) is 0.868. The van der Waals surface area contributed by atoms with Gasteiger partial charge in [-0.2, -0.15) is 11.8 Å². The Hall–Kier alpha value is -0.780. The van der Waals surface area contributed by atoms with Crippen molar-refractivity contribution in [3.05, 3.63) is 39.0 Å². The van der Waals surface area contributed by atoms with Crippen molar-refractivity contribution in [3.63, 3.8) is 0 Å². The molecule has 0 saturated carbocycles. The van der Waals surface area contributed by atoms with Crippen molar-refractivity contribution >= 4 is 45.1 Å². The molecule has 1 N–H and O–H groups in total. The first kappa shape index (κ1) is 13.2. The van der Waals surface area contributed by atoms with Crippen LogP contribution in [0.5, 0.6) is 0 Å². The van der Waals surface area contributed by atoms with Gasteiger partial charge in [0.05, 0.1) is 10.7 Å². The summed E-state index contributed by atoms with van der Waals surface area (Å²) in [7, 11) is 1.90. The van der Waals surface area contributed by atoms with E-state index in [0.29, 0.717) is 5.02 Å². The molecule has 1 aliphatic heterocycles. The molecule has 0 fully saturated rings. The highest BCUT2D eigenvalue weighted by Crippen LogP contribution is 2.35. The zero-order valence-electron chi connectivity index (χ0n) is 10.2. The lowest BCUT2D eigenvalue weighted by Gasteiger charge is -2.09. The van der Waals surface area contributed by atoms with Gasteiger partial charge in [-0.15, -0.1) is 0 Å². The molecule has 1 aromatic carbocycles. The van der Waals surface area contributed by atoms with Gasteiger partial charge in [0.1, 0.15) is 5.82 Å². The SMILES string of the molecule is CNc1nc(-c2ccc(Cl)c(Br)c2)nc2c1CSC2. The first-order valence-electron chi connectivity index (χ1n) is 5.79. The van der Waals surface area contributed by atoms with Gasteiger partial charge in [-0.05, 0) is 34.1 Å². The summed E-state index contributed by atoms with van der Waals surface area (Å²) in [5, 5.41) is 3.85. The third-order valence-corrected chi connectivity index (χ3v) is 5.18. The lowest BCUT2D eigenvalue weighted by Crippen LogP contribution is -2.03. The maximum absolute atomic E-state index is 6.02. The molecule has 1 aliphatic rings. The molecule has 2 aromatic rings. The molecule has 0 unspecified atom stereocenters. The first-order valence-corrected chi connectivity index (χ1v) is 8.12. The smallest absolute Gasteiger partial charge is 0.161 e. The topological polar surface area (TPSA) is 37.8 Å². The van der Waals surface area contributed by atoms with Gasteiger partial charge in [-0.1, -0.05) is 11.6 Å².